The molecular formula is C16H18N2. The van der Waals surface area contributed by atoms with Crippen molar-refractivity contribution in [2.75, 3.05) is 18.0 Å². The SMILES string of the molecule is NC(CN1CCc2ccccc21)c1ccccc1. The molecule has 0 saturated heterocycles. The van der Waals surface area contributed by atoms with Crippen molar-refractivity contribution in [3.8, 4) is 0 Å². The number of hydrogen-bond donors (Lipinski definition) is 1. The second-order valence-electron chi connectivity index (χ2n) is 4.84. The van der Waals surface area contributed by atoms with E-state index < -0.39 is 0 Å². The summed E-state index contributed by atoms with van der Waals surface area (Å²) in [6.07, 6.45) is 1.14. The molecule has 18 heavy (non-hydrogen) atoms. The molecular weight excluding hydrogens is 220 g/mol. The minimum atomic E-state index is 0.0809. The van der Waals surface area contributed by atoms with E-state index in [0.717, 1.165) is 19.5 Å². The first-order valence-electron chi connectivity index (χ1n) is 6.48. The molecule has 2 heteroatoms. The fourth-order valence-corrected chi connectivity index (χ4v) is 2.64. The molecule has 1 unspecified atom stereocenters. The van der Waals surface area contributed by atoms with Crippen molar-refractivity contribution in [2.24, 2.45) is 5.73 Å². The standard InChI is InChI=1S/C16H18N2/c17-15(13-6-2-1-3-7-13)12-18-11-10-14-8-4-5-9-16(14)18/h1-9,15H,10-12,17H2. The Kier molecular flexibility index (Phi) is 3.03. The zero-order valence-electron chi connectivity index (χ0n) is 10.4. The molecule has 0 radical (unpaired) electrons. The molecule has 0 spiro atoms. The van der Waals surface area contributed by atoms with Crippen LogP contribution in [0.1, 0.15) is 17.2 Å². The molecule has 0 aliphatic carbocycles. The van der Waals surface area contributed by atoms with Crippen molar-refractivity contribution >= 4 is 5.69 Å². The van der Waals surface area contributed by atoms with Crippen LogP contribution in [0.2, 0.25) is 0 Å². The van der Waals surface area contributed by atoms with Crippen LogP contribution in [0, 0.1) is 0 Å². The van der Waals surface area contributed by atoms with Gasteiger partial charge in [0.2, 0.25) is 0 Å². The quantitative estimate of drug-likeness (QED) is 0.891. The summed E-state index contributed by atoms with van der Waals surface area (Å²) in [6.45, 7) is 1.97. The number of fused-ring (bicyclic) bond motifs is 1. The van der Waals surface area contributed by atoms with Crippen molar-refractivity contribution in [2.45, 2.75) is 12.5 Å². The van der Waals surface area contributed by atoms with Gasteiger partial charge in [0.05, 0.1) is 0 Å². The maximum absolute atomic E-state index is 6.29. The smallest absolute Gasteiger partial charge is 0.0473 e. The summed E-state index contributed by atoms with van der Waals surface area (Å²) >= 11 is 0. The van der Waals surface area contributed by atoms with Crippen LogP contribution < -0.4 is 10.6 Å². The number of nitrogens with two attached hydrogens (primary N) is 1. The fourth-order valence-electron chi connectivity index (χ4n) is 2.64. The van der Waals surface area contributed by atoms with Crippen molar-refractivity contribution in [3.63, 3.8) is 0 Å². The van der Waals surface area contributed by atoms with Gasteiger partial charge in [-0.2, -0.15) is 0 Å². The zero-order valence-corrected chi connectivity index (χ0v) is 10.4. The summed E-state index contributed by atoms with van der Waals surface area (Å²) in [6, 6.07) is 19.0. The van der Waals surface area contributed by atoms with E-state index >= 15 is 0 Å². The van der Waals surface area contributed by atoms with Crippen LogP contribution >= 0.6 is 0 Å². The average Bonchev–Trinajstić information content (AvgIpc) is 2.83. The van der Waals surface area contributed by atoms with E-state index in [1.54, 1.807) is 0 Å². The molecule has 0 bridgehead atoms. The first-order chi connectivity index (χ1) is 8.84. The summed E-state index contributed by atoms with van der Waals surface area (Å²) in [5.74, 6) is 0. The molecule has 0 saturated carbocycles. The van der Waals surface area contributed by atoms with Gasteiger partial charge in [-0.25, -0.2) is 0 Å². The average molecular weight is 238 g/mol. The van der Waals surface area contributed by atoms with Crippen LogP contribution in [0.3, 0.4) is 0 Å². The van der Waals surface area contributed by atoms with Gasteiger partial charge >= 0.3 is 0 Å². The Hall–Kier alpha value is -1.80. The van der Waals surface area contributed by atoms with Gasteiger partial charge in [0.25, 0.3) is 0 Å². The lowest BCUT2D eigenvalue weighted by molar-refractivity contribution is 0.681. The molecule has 2 aromatic rings. The molecule has 2 nitrogen and oxygen atoms in total. The highest BCUT2D eigenvalue weighted by Crippen LogP contribution is 2.28. The van der Waals surface area contributed by atoms with Crippen LogP contribution in [0.4, 0.5) is 5.69 Å². The van der Waals surface area contributed by atoms with Crippen LogP contribution in [0.15, 0.2) is 54.6 Å². The van der Waals surface area contributed by atoms with Crippen molar-refractivity contribution in [3.05, 3.63) is 65.7 Å². The summed E-state index contributed by atoms with van der Waals surface area (Å²) in [4.78, 5) is 2.40. The Morgan fingerprint density at radius 2 is 1.72 bits per heavy atom. The lowest BCUT2D eigenvalue weighted by Crippen LogP contribution is -2.30. The van der Waals surface area contributed by atoms with Crippen LogP contribution in [-0.4, -0.2) is 13.1 Å². The van der Waals surface area contributed by atoms with Gasteiger partial charge in [-0.05, 0) is 23.6 Å². The van der Waals surface area contributed by atoms with Crippen molar-refractivity contribution < 1.29 is 0 Å². The zero-order chi connectivity index (χ0) is 12.4. The molecule has 0 aromatic heterocycles. The Balaban J connectivity index is 1.75. The largest absolute Gasteiger partial charge is 0.369 e. The fraction of sp³-hybridized carbons (Fsp3) is 0.250. The Morgan fingerprint density at radius 3 is 2.56 bits per heavy atom. The molecule has 1 aliphatic heterocycles. The molecule has 3 rings (SSSR count). The molecule has 0 fully saturated rings. The first-order valence-corrected chi connectivity index (χ1v) is 6.48. The van der Waals surface area contributed by atoms with Gasteiger partial charge in [-0.1, -0.05) is 48.5 Å². The second-order valence-corrected chi connectivity index (χ2v) is 4.84. The third-order valence-corrected chi connectivity index (χ3v) is 3.63. The molecule has 2 aromatic carbocycles. The summed E-state index contributed by atoms with van der Waals surface area (Å²) < 4.78 is 0. The number of para-hydroxylation sites is 1. The number of nitrogens with zero attached hydrogens (tertiary/aromatic N) is 1. The monoisotopic (exact) mass is 238 g/mol. The Bertz CT molecular complexity index is 522. The van der Waals surface area contributed by atoms with Gasteiger partial charge < -0.3 is 10.6 Å². The van der Waals surface area contributed by atoms with Crippen LogP contribution in [0.5, 0.6) is 0 Å². The topological polar surface area (TPSA) is 29.3 Å². The van der Waals surface area contributed by atoms with E-state index in [1.807, 2.05) is 18.2 Å². The van der Waals surface area contributed by atoms with Gasteiger partial charge in [-0.15, -0.1) is 0 Å². The predicted octanol–water partition coefficient (Wildman–Crippen LogP) is 2.75. The van der Waals surface area contributed by atoms with Gasteiger partial charge in [-0.3, -0.25) is 0 Å². The maximum Gasteiger partial charge on any atom is 0.0473 e. The van der Waals surface area contributed by atoms with Gasteiger partial charge in [0.15, 0.2) is 0 Å². The van der Waals surface area contributed by atoms with E-state index in [0.29, 0.717) is 0 Å². The number of hydrogen-bond acceptors (Lipinski definition) is 2. The molecule has 92 valence electrons. The molecule has 2 N–H and O–H groups in total. The number of benzene rings is 2. The van der Waals surface area contributed by atoms with Crippen LogP contribution in [-0.2, 0) is 6.42 Å². The highest BCUT2D eigenvalue weighted by molar-refractivity contribution is 5.58. The van der Waals surface area contributed by atoms with E-state index in [2.05, 4.69) is 41.3 Å². The molecule has 1 aliphatic rings. The summed E-state index contributed by atoms with van der Waals surface area (Å²) in [5, 5.41) is 0. The van der Waals surface area contributed by atoms with Crippen molar-refractivity contribution in [1.29, 1.82) is 0 Å². The summed E-state index contributed by atoms with van der Waals surface area (Å²) in [7, 11) is 0. The first kappa shape index (κ1) is 11.3. The molecule has 0 amide bonds. The van der Waals surface area contributed by atoms with E-state index in [-0.39, 0.29) is 6.04 Å². The highest BCUT2D eigenvalue weighted by atomic mass is 15.2. The van der Waals surface area contributed by atoms with Gasteiger partial charge in [0.1, 0.15) is 0 Å². The summed E-state index contributed by atoms with van der Waals surface area (Å²) in [5.41, 5.74) is 10.3. The second kappa shape index (κ2) is 4.83. The molecule has 1 heterocycles. The Labute approximate surface area is 108 Å². The normalized spacial score (nSPS) is 15.5. The lowest BCUT2D eigenvalue weighted by atomic mass is 10.1. The predicted molar refractivity (Wildman–Crippen MR) is 75.7 cm³/mol. The highest BCUT2D eigenvalue weighted by Gasteiger charge is 2.20. The minimum Gasteiger partial charge on any atom is -0.369 e. The van der Waals surface area contributed by atoms with Crippen LogP contribution in [0.25, 0.3) is 0 Å². The number of anilines is 1. The third-order valence-electron chi connectivity index (χ3n) is 3.63. The van der Waals surface area contributed by atoms with E-state index in [4.69, 9.17) is 5.73 Å². The Morgan fingerprint density at radius 1 is 1.00 bits per heavy atom. The number of rotatable bonds is 3. The minimum absolute atomic E-state index is 0.0809. The van der Waals surface area contributed by atoms with Crippen molar-refractivity contribution in [1.82, 2.24) is 0 Å². The lowest BCUT2D eigenvalue weighted by Gasteiger charge is -2.23. The third kappa shape index (κ3) is 2.12. The maximum atomic E-state index is 6.29. The van der Waals surface area contributed by atoms with E-state index in [1.165, 1.54) is 16.8 Å². The van der Waals surface area contributed by atoms with Gasteiger partial charge in [0, 0.05) is 24.8 Å². The molecule has 1 atom stereocenters. The van der Waals surface area contributed by atoms with E-state index in [9.17, 15) is 0 Å².